The maximum absolute atomic E-state index is 6.13. The van der Waals surface area contributed by atoms with Crippen LogP contribution in [0.3, 0.4) is 0 Å². The maximum atomic E-state index is 6.13. The Balaban J connectivity index is 1.48. The molecule has 0 bridgehead atoms. The minimum absolute atomic E-state index is 0.278. The van der Waals surface area contributed by atoms with Crippen molar-refractivity contribution in [1.82, 2.24) is 9.80 Å². The fraction of sp³-hybridized carbons (Fsp3) is 0.280. The van der Waals surface area contributed by atoms with Gasteiger partial charge in [0.15, 0.2) is 0 Å². The molecule has 0 N–H and O–H groups in total. The van der Waals surface area contributed by atoms with Gasteiger partial charge >= 0.3 is 0 Å². The van der Waals surface area contributed by atoms with E-state index in [1.165, 1.54) is 22.3 Å². The minimum Gasteiger partial charge on any atom is -0.297 e. The molecule has 1 heterocycles. The van der Waals surface area contributed by atoms with Crippen LogP contribution >= 0.6 is 11.6 Å². The van der Waals surface area contributed by atoms with Gasteiger partial charge in [0.2, 0.25) is 0 Å². The Labute approximate surface area is 173 Å². The molecule has 1 saturated heterocycles. The van der Waals surface area contributed by atoms with Gasteiger partial charge in [0.25, 0.3) is 0 Å². The van der Waals surface area contributed by atoms with Crippen molar-refractivity contribution in [3.8, 4) is 0 Å². The van der Waals surface area contributed by atoms with Crippen molar-refractivity contribution in [3.63, 3.8) is 0 Å². The van der Waals surface area contributed by atoms with Gasteiger partial charge in [-0.05, 0) is 35.7 Å². The second kappa shape index (κ2) is 8.91. The van der Waals surface area contributed by atoms with E-state index in [-0.39, 0.29) is 6.04 Å². The molecule has 0 radical (unpaired) electrons. The van der Waals surface area contributed by atoms with Gasteiger partial charge in [0, 0.05) is 37.7 Å². The molecule has 28 heavy (non-hydrogen) atoms. The Hall–Kier alpha value is -2.13. The van der Waals surface area contributed by atoms with Crippen LogP contribution in [0.1, 0.15) is 28.3 Å². The number of piperazine rings is 1. The average molecular weight is 391 g/mol. The smallest absolute Gasteiger partial charge is 0.0602 e. The number of rotatable bonds is 5. The highest BCUT2D eigenvalue weighted by atomic mass is 35.5. The Bertz CT molecular complexity index is 867. The zero-order valence-electron chi connectivity index (χ0n) is 16.4. The molecule has 3 aromatic carbocycles. The van der Waals surface area contributed by atoms with Crippen molar-refractivity contribution in [2.45, 2.75) is 19.5 Å². The summed E-state index contributed by atoms with van der Waals surface area (Å²) < 4.78 is 0. The van der Waals surface area contributed by atoms with Crippen LogP contribution in [0.4, 0.5) is 0 Å². The third-order valence-corrected chi connectivity index (χ3v) is 5.85. The number of hydrogen-bond donors (Lipinski definition) is 0. The van der Waals surface area contributed by atoms with E-state index in [0.29, 0.717) is 0 Å². The first-order valence-electron chi connectivity index (χ1n) is 10.0. The van der Waals surface area contributed by atoms with Crippen LogP contribution in [0.25, 0.3) is 0 Å². The number of nitrogens with zero attached hydrogens (tertiary/aromatic N) is 2. The van der Waals surface area contributed by atoms with Crippen LogP contribution in [0.15, 0.2) is 78.9 Å². The molecule has 1 unspecified atom stereocenters. The van der Waals surface area contributed by atoms with E-state index in [9.17, 15) is 0 Å². The van der Waals surface area contributed by atoms with E-state index < -0.39 is 0 Å². The predicted molar refractivity (Wildman–Crippen MR) is 118 cm³/mol. The standard InChI is InChI=1S/C25H27ClN2/c1-20-7-9-21(10-8-20)19-27-15-17-28(18-16-27)25(22-5-3-2-4-6-22)23-11-13-24(26)14-12-23/h2-14,25H,15-19H2,1H3. The van der Waals surface area contributed by atoms with E-state index in [1.807, 2.05) is 12.1 Å². The molecule has 3 heteroatoms. The summed E-state index contributed by atoms with van der Waals surface area (Å²) in [5, 5.41) is 0.790. The van der Waals surface area contributed by atoms with Gasteiger partial charge < -0.3 is 0 Å². The first kappa shape index (κ1) is 19.2. The highest BCUT2D eigenvalue weighted by Crippen LogP contribution is 2.30. The molecule has 1 atom stereocenters. The Morgan fingerprint density at radius 2 is 1.36 bits per heavy atom. The maximum Gasteiger partial charge on any atom is 0.0602 e. The zero-order valence-corrected chi connectivity index (χ0v) is 17.1. The SMILES string of the molecule is Cc1ccc(CN2CCN(C(c3ccccc3)c3ccc(Cl)cc3)CC2)cc1. The fourth-order valence-electron chi connectivity index (χ4n) is 4.03. The van der Waals surface area contributed by atoms with Gasteiger partial charge in [-0.1, -0.05) is 83.9 Å². The van der Waals surface area contributed by atoms with E-state index in [4.69, 9.17) is 11.6 Å². The average Bonchev–Trinajstić information content (AvgIpc) is 2.73. The molecule has 4 rings (SSSR count). The quantitative estimate of drug-likeness (QED) is 0.563. The normalized spacial score (nSPS) is 16.8. The summed E-state index contributed by atoms with van der Waals surface area (Å²) in [6, 6.07) is 28.3. The molecule has 1 aliphatic rings. The number of hydrogen-bond acceptors (Lipinski definition) is 2. The fourth-order valence-corrected chi connectivity index (χ4v) is 4.15. The molecule has 2 nitrogen and oxygen atoms in total. The van der Waals surface area contributed by atoms with Crippen molar-refractivity contribution in [3.05, 3.63) is 106 Å². The first-order chi connectivity index (χ1) is 13.7. The summed E-state index contributed by atoms with van der Waals surface area (Å²) in [6.45, 7) is 7.48. The molecule has 1 fully saturated rings. The minimum atomic E-state index is 0.278. The molecule has 3 aromatic rings. The lowest BCUT2D eigenvalue weighted by Gasteiger charge is -2.40. The largest absolute Gasteiger partial charge is 0.297 e. The second-order valence-electron chi connectivity index (χ2n) is 7.66. The first-order valence-corrected chi connectivity index (χ1v) is 10.4. The molecule has 0 amide bonds. The van der Waals surface area contributed by atoms with Gasteiger partial charge in [-0.2, -0.15) is 0 Å². The van der Waals surface area contributed by atoms with E-state index in [2.05, 4.69) is 83.5 Å². The highest BCUT2D eigenvalue weighted by Gasteiger charge is 2.26. The van der Waals surface area contributed by atoms with E-state index in [1.54, 1.807) is 0 Å². The van der Waals surface area contributed by atoms with Crippen molar-refractivity contribution in [2.75, 3.05) is 26.2 Å². The highest BCUT2D eigenvalue weighted by molar-refractivity contribution is 6.30. The van der Waals surface area contributed by atoms with E-state index >= 15 is 0 Å². The van der Waals surface area contributed by atoms with Crippen LogP contribution in [0.2, 0.25) is 5.02 Å². The number of benzene rings is 3. The molecular formula is C25H27ClN2. The number of halogens is 1. The molecular weight excluding hydrogens is 364 g/mol. The van der Waals surface area contributed by atoms with Crippen molar-refractivity contribution >= 4 is 11.6 Å². The monoisotopic (exact) mass is 390 g/mol. The molecule has 0 saturated carbocycles. The molecule has 1 aliphatic heterocycles. The lowest BCUT2D eigenvalue weighted by Crippen LogP contribution is -2.47. The summed E-state index contributed by atoms with van der Waals surface area (Å²) in [5.41, 5.74) is 5.37. The van der Waals surface area contributed by atoms with Gasteiger partial charge in [0.1, 0.15) is 0 Å². The van der Waals surface area contributed by atoms with Crippen LogP contribution < -0.4 is 0 Å². The Morgan fingerprint density at radius 1 is 0.750 bits per heavy atom. The second-order valence-corrected chi connectivity index (χ2v) is 8.10. The van der Waals surface area contributed by atoms with E-state index in [0.717, 1.165) is 37.7 Å². The molecule has 0 aliphatic carbocycles. The van der Waals surface area contributed by atoms with Gasteiger partial charge in [-0.15, -0.1) is 0 Å². The van der Waals surface area contributed by atoms with Crippen LogP contribution in [0.5, 0.6) is 0 Å². The Morgan fingerprint density at radius 3 is 2.00 bits per heavy atom. The van der Waals surface area contributed by atoms with Crippen molar-refractivity contribution in [2.24, 2.45) is 0 Å². The van der Waals surface area contributed by atoms with Gasteiger partial charge in [-0.25, -0.2) is 0 Å². The summed E-state index contributed by atoms with van der Waals surface area (Å²) in [5.74, 6) is 0. The topological polar surface area (TPSA) is 6.48 Å². The third kappa shape index (κ3) is 4.64. The lowest BCUT2D eigenvalue weighted by molar-refractivity contribution is 0.105. The lowest BCUT2D eigenvalue weighted by atomic mass is 9.96. The van der Waals surface area contributed by atoms with Gasteiger partial charge in [0.05, 0.1) is 6.04 Å². The molecule has 0 aromatic heterocycles. The van der Waals surface area contributed by atoms with Crippen molar-refractivity contribution < 1.29 is 0 Å². The predicted octanol–water partition coefficient (Wildman–Crippen LogP) is 5.56. The molecule has 0 spiro atoms. The third-order valence-electron chi connectivity index (χ3n) is 5.60. The number of aryl methyl sites for hydroxylation is 1. The van der Waals surface area contributed by atoms with Crippen LogP contribution in [-0.4, -0.2) is 36.0 Å². The summed E-state index contributed by atoms with van der Waals surface area (Å²) in [6.07, 6.45) is 0. The van der Waals surface area contributed by atoms with Crippen molar-refractivity contribution in [1.29, 1.82) is 0 Å². The molecule has 144 valence electrons. The van der Waals surface area contributed by atoms with Crippen LogP contribution in [0, 0.1) is 6.92 Å². The summed E-state index contributed by atoms with van der Waals surface area (Å²) in [7, 11) is 0. The summed E-state index contributed by atoms with van der Waals surface area (Å²) in [4.78, 5) is 5.16. The summed E-state index contributed by atoms with van der Waals surface area (Å²) >= 11 is 6.13. The van der Waals surface area contributed by atoms with Crippen LogP contribution in [-0.2, 0) is 6.54 Å². The van der Waals surface area contributed by atoms with Gasteiger partial charge in [-0.3, -0.25) is 9.80 Å². The Kier molecular flexibility index (Phi) is 6.11. The zero-order chi connectivity index (χ0) is 19.3.